The number of hydrogen-bond donors (Lipinski definition) is 2. The number of aryl methyl sites for hydroxylation is 1. The minimum absolute atomic E-state index is 0.123. The summed E-state index contributed by atoms with van der Waals surface area (Å²) in [6.07, 6.45) is -3.37. The van der Waals surface area contributed by atoms with Gasteiger partial charge in [0, 0.05) is 6.20 Å². The summed E-state index contributed by atoms with van der Waals surface area (Å²) in [4.78, 5) is 16.7. The van der Waals surface area contributed by atoms with Gasteiger partial charge in [-0.25, -0.2) is 4.98 Å². The lowest BCUT2D eigenvalue weighted by Crippen LogP contribution is -2.51. The van der Waals surface area contributed by atoms with E-state index in [1.165, 1.54) is 28.7 Å². The molecule has 1 amide bonds. The van der Waals surface area contributed by atoms with Gasteiger partial charge < -0.3 is 10.4 Å². The van der Waals surface area contributed by atoms with Crippen LogP contribution in [0.4, 0.5) is 13.2 Å². The van der Waals surface area contributed by atoms with E-state index in [0.29, 0.717) is 11.3 Å². The van der Waals surface area contributed by atoms with Gasteiger partial charge in [-0.3, -0.25) is 9.20 Å². The van der Waals surface area contributed by atoms with Crippen molar-refractivity contribution in [1.82, 2.24) is 14.7 Å². The van der Waals surface area contributed by atoms with Crippen LogP contribution in [0.25, 0.3) is 5.65 Å². The van der Waals surface area contributed by atoms with Gasteiger partial charge in [-0.2, -0.15) is 13.2 Å². The molecule has 8 heteroatoms. The van der Waals surface area contributed by atoms with Crippen LogP contribution in [0.1, 0.15) is 21.7 Å². The number of pyridine rings is 1. The van der Waals surface area contributed by atoms with Gasteiger partial charge in [-0.05, 0) is 24.6 Å². The third-order valence-corrected chi connectivity index (χ3v) is 4.14. The Labute approximate surface area is 147 Å². The molecule has 5 nitrogen and oxygen atoms in total. The van der Waals surface area contributed by atoms with Crippen LogP contribution in [0.5, 0.6) is 0 Å². The summed E-state index contributed by atoms with van der Waals surface area (Å²) >= 11 is 0. The smallest absolute Gasteiger partial charge is 0.375 e. The number of fused-ring (bicyclic) bond motifs is 1. The third-order valence-electron chi connectivity index (χ3n) is 4.14. The summed E-state index contributed by atoms with van der Waals surface area (Å²) in [7, 11) is 0. The summed E-state index contributed by atoms with van der Waals surface area (Å²) < 4.78 is 42.0. The quantitative estimate of drug-likeness (QED) is 0.749. The molecule has 136 valence electrons. The van der Waals surface area contributed by atoms with Gasteiger partial charge in [0.2, 0.25) is 5.60 Å². The summed E-state index contributed by atoms with van der Waals surface area (Å²) in [5.41, 5.74) is -2.53. The Bertz CT molecular complexity index is 938. The molecule has 26 heavy (non-hydrogen) atoms. The Morgan fingerprint density at radius 1 is 1.15 bits per heavy atom. The third kappa shape index (κ3) is 3.03. The Morgan fingerprint density at radius 2 is 1.81 bits per heavy atom. The van der Waals surface area contributed by atoms with Crippen molar-refractivity contribution in [1.29, 1.82) is 0 Å². The zero-order chi connectivity index (χ0) is 18.9. The first-order chi connectivity index (χ1) is 12.2. The molecule has 0 aliphatic rings. The number of benzene rings is 1. The molecule has 0 aliphatic carbocycles. The first kappa shape index (κ1) is 17.9. The predicted molar refractivity (Wildman–Crippen MR) is 88.7 cm³/mol. The average Bonchev–Trinajstić information content (AvgIpc) is 2.95. The Kier molecular flexibility index (Phi) is 4.45. The van der Waals surface area contributed by atoms with Crippen LogP contribution >= 0.6 is 0 Å². The summed E-state index contributed by atoms with van der Waals surface area (Å²) in [6, 6.07) is 11.8. The second-order valence-electron chi connectivity index (χ2n) is 5.88. The minimum Gasteiger partial charge on any atom is -0.375 e. The Balaban J connectivity index is 1.90. The van der Waals surface area contributed by atoms with Crippen LogP contribution in [0.2, 0.25) is 0 Å². The highest BCUT2D eigenvalue weighted by Crippen LogP contribution is 2.38. The molecule has 0 spiro atoms. The molecule has 2 heterocycles. The Hall–Kier alpha value is -2.87. The molecule has 0 saturated heterocycles. The lowest BCUT2D eigenvalue weighted by Gasteiger charge is -2.31. The van der Waals surface area contributed by atoms with Gasteiger partial charge in [-0.1, -0.05) is 36.4 Å². The van der Waals surface area contributed by atoms with E-state index >= 15 is 0 Å². The second kappa shape index (κ2) is 6.45. The molecule has 2 aromatic heterocycles. The number of hydrogen-bond acceptors (Lipinski definition) is 3. The standard InChI is InChI=1S/C18H16F3N3O2/c1-12-15(24-10-6-5-9-14(24)23-12)16(25)22-11-17(26,18(19,20)21)13-7-3-2-4-8-13/h2-10,26H,11H2,1H3,(H,22,25)/t17-/m1/s1. The fraction of sp³-hybridized carbons (Fsp3) is 0.222. The highest BCUT2D eigenvalue weighted by molar-refractivity contribution is 5.94. The number of carbonyl (C=O) groups is 1. The van der Waals surface area contributed by atoms with Gasteiger partial charge >= 0.3 is 6.18 Å². The molecule has 0 radical (unpaired) electrons. The lowest BCUT2D eigenvalue weighted by molar-refractivity contribution is -0.263. The topological polar surface area (TPSA) is 66.6 Å². The fourth-order valence-electron chi connectivity index (χ4n) is 2.76. The van der Waals surface area contributed by atoms with E-state index in [0.717, 1.165) is 0 Å². The molecule has 2 N–H and O–H groups in total. The van der Waals surface area contributed by atoms with Crippen molar-refractivity contribution in [2.45, 2.75) is 18.7 Å². The number of aromatic nitrogens is 2. The monoisotopic (exact) mass is 363 g/mol. The first-order valence-corrected chi connectivity index (χ1v) is 7.80. The molecule has 0 unspecified atom stereocenters. The van der Waals surface area contributed by atoms with Crippen molar-refractivity contribution in [2.75, 3.05) is 6.54 Å². The maximum Gasteiger partial charge on any atom is 0.423 e. The lowest BCUT2D eigenvalue weighted by atomic mass is 9.93. The molecule has 3 aromatic rings. The maximum atomic E-state index is 13.5. The zero-order valence-corrected chi connectivity index (χ0v) is 13.8. The maximum absolute atomic E-state index is 13.5. The first-order valence-electron chi connectivity index (χ1n) is 7.80. The number of halogens is 3. The number of alkyl halides is 3. The number of rotatable bonds is 4. The van der Waals surface area contributed by atoms with Crippen molar-refractivity contribution in [3.8, 4) is 0 Å². The van der Waals surface area contributed by atoms with E-state index in [2.05, 4.69) is 10.3 Å². The van der Waals surface area contributed by atoms with E-state index < -0.39 is 24.2 Å². The van der Waals surface area contributed by atoms with Crippen molar-refractivity contribution in [3.05, 3.63) is 71.7 Å². The molecular weight excluding hydrogens is 347 g/mol. The van der Waals surface area contributed by atoms with E-state index in [9.17, 15) is 23.1 Å². The Morgan fingerprint density at radius 3 is 2.46 bits per heavy atom. The van der Waals surface area contributed by atoms with Crippen LogP contribution in [0, 0.1) is 6.92 Å². The molecule has 0 aliphatic heterocycles. The summed E-state index contributed by atoms with van der Waals surface area (Å²) in [5, 5.41) is 12.5. The molecule has 0 saturated carbocycles. The molecule has 3 rings (SSSR count). The van der Waals surface area contributed by atoms with Crippen molar-refractivity contribution in [2.24, 2.45) is 0 Å². The van der Waals surface area contributed by atoms with E-state index in [1.807, 2.05) is 0 Å². The highest BCUT2D eigenvalue weighted by atomic mass is 19.4. The van der Waals surface area contributed by atoms with E-state index in [-0.39, 0.29) is 11.3 Å². The predicted octanol–water partition coefficient (Wildman–Crippen LogP) is 2.82. The van der Waals surface area contributed by atoms with Crippen LogP contribution < -0.4 is 5.32 Å². The van der Waals surface area contributed by atoms with Crippen LogP contribution in [0.3, 0.4) is 0 Å². The molecule has 0 fully saturated rings. The number of amides is 1. The number of nitrogens with one attached hydrogen (secondary N) is 1. The van der Waals surface area contributed by atoms with Crippen LogP contribution in [0.15, 0.2) is 54.7 Å². The van der Waals surface area contributed by atoms with Crippen molar-refractivity contribution in [3.63, 3.8) is 0 Å². The minimum atomic E-state index is -4.96. The summed E-state index contributed by atoms with van der Waals surface area (Å²) in [5.74, 6) is -0.750. The number of aliphatic hydroxyl groups is 1. The SMILES string of the molecule is Cc1nc2ccccn2c1C(=O)NC[C@@](O)(c1ccccc1)C(F)(F)F. The van der Waals surface area contributed by atoms with Gasteiger partial charge in [-0.15, -0.1) is 0 Å². The van der Waals surface area contributed by atoms with E-state index in [4.69, 9.17) is 0 Å². The number of imidazole rings is 1. The highest BCUT2D eigenvalue weighted by Gasteiger charge is 2.55. The van der Waals surface area contributed by atoms with Gasteiger partial charge in [0.15, 0.2) is 0 Å². The molecule has 0 bridgehead atoms. The van der Waals surface area contributed by atoms with Gasteiger partial charge in [0.05, 0.1) is 12.2 Å². The van der Waals surface area contributed by atoms with Crippen LogP contribution in [-0.4, -0.2) is 33.1 Å². The van der Waals surface area contributed by atoms with Crippen molar-refractivity contribution < 1.29 is 23.1 Å². The summed E-state index contributed by atoms with van der Waals surface area (Å²) in [6.45, 7) is 0.577. The van der Waals surface area contributed by atoms with Crippen LogP contribution in [-0.2, 0) is 5.60 Å². The normalized spacial score (nSPS) is 14.2. The van der Waals surface area contributed by atoms with Gasteiger partial charge in [0.25, 0.3) is 5.91 Å². The number of nitrogens with zero attached hydrogens (tertiary/aromatic N) is 2. The molecule has 1 atom stereocenters. The largest absolute Gasteiger partial charge is 0.423 e. The van der Waals surface area contributed by atoms with Gasteiger partial charge in [0.1, 0.15) is 11.3 Å². The molecular formula is C18H16F3N3O2. The van der Waals surface area contributed by atoms with Crippen molar-refractivity contribution >= 4 is 11.6 Å². The molecule has 1 aromatic carbocycles. The second-order valence-corrected chi connectivity index (χ2v) is 5.88. The number of carbonyl (C=O) groups excluding carboxylic acids is 1. The zero-order valence-electron chi connectivity index (χ0n) is 13.8. The fourth-order valence-corrected chi connectivity index (χ4v) is 2.76. The average molecular weight is 363 g/mol. The van der Waals surface area contributed by atoms with E-state index in [1.54, 1.807) is 37.4 Å².